The number of nitro benzene ring substituents is 1. The van der Waals surface area contributed by atoms with Gasteiger partial charge in [0.1, 0.15) is 6.07 Å². The van der Waals surface area contributed by atoms with Crippen molar-refractivity contribution < 1.29 is 9.31 Å². The summed E-state index contributed by atoms with van der Waals surface area (Å²) < 4.78 is 14.1. The van der Waals surface area contributed by atoms with Crippen molar-refractivity contribution in [2.75, 3.05) is 0 Å². The maximum absolute atomic E-state index is 14.0. The molecule has 4 nitrogen and oxygen atoms in total. The van der Waals surface area contributed by atoms with Gasteiger partial charge in [0.05, 0.1) is 15.0 Å². The average Bonchev–Trinajstić information content (AvgIpc) is 2.45. The highest BCUT2D eigenvalue weighted by Crippen LogP contribution is 2.34. The summed E-state index contributed by atoms with van der Waals surface area (Å²) in [6.45, 7) is 0. The van der Waals surface area contributed by atoms with Crippen molar-refractivity contribution in [1.29, 1.82) is 5.26 Å². The highest BCUT2D eigenvalue weighted by Gasteiger charge is 2.13. The van der Waals surface area contributed by atoms with E-state index in [-0.39, 0.29) is 15.7 Å². The van der Waals surface area contributed by atoms with Gasteiger partial charge in [-0.3, -0.25) is 10.1 Å². The predicted octanol–water partition coefficient (Wildman–Crippen LogP) is 4.52. The number of hydrogen-bond donors (Lipinski definition) is 0. The average molecular weight is 353 g/mol. The zero-order valence-corrected chi connectivity index (χ0v) is 12.2. The fourth-order valence-corrected chi connectivity index (χ4v) is 2.88. The largest absolute Gasteiger partial charge is 0.269 e. The molecule has 7 heteroatoms. The number of hydrogen-bond acceptors (Lipinski definition) is 4. The van der Waals surface area contributed by atoms with E-state index < -0.39 is 10.7 Å². The van der Waals surface area contributed by atoms with Gasteiger partial charge in [0.15, 0.2) is 5.82 Å². The minimum atomic E-state index is -0.521. The van der Waals surface area contributed by atoms with Gasteiger partial charge in [-0.25, -0.2) is 4.39 Å². The summed E-state index contributed by atoms with van der Waals surface area (Å²) in [5.74, 6) is -0.521. The molecule has 0 heterocycles. The van der Waals surface area contributed by atoms with Gasteiger partial charge in [-0.2, -0.15) is 5.26 Å². The number of rotatable bonds is 3. The van der Waals surface area contributed by atoms with Gasteiger partial charge in [-0.1, -0.05) is 11.8 Å². The first-order valence-corrected chi connectivity index (χ1v) is 6.94. The minimum Gasteiger partial charge on any atom is -0.258 e. The lowest BCUT2D eigenvalue weighted by atomic mass is 10.2. The normalized spacial score (nSPS) is 10.1. The lowest BCUT2D eigenvalue weighted by molar-refractivity contribution is -0.384. The van der Waals surface area contributed by atoms with E-state index in [0.29, 0.717) is 9.79 Å². The molecule has 0 radical (unpaired) electrons. The van der Waals surface area contributed by atoms with Crippen LogP contribution < -0.4 is 0 Å². The summed E-state index contributed by atoms with van der Waals surface area (Å²) in [6, 6.07) is 10.7. The lowest BCUT2D eigenvalue weighted by Crippen LogP contribution is -1.89. The number of non-ortho nitro benzene ring substituents is 1. The van der Waals surface area contributed by atoms with E-state index in [2.05, 4.69) is 15.9 Å². The third-order valence-electron chi connectivity index (χ3n) is 2.44. The first-order chi connectivity index (χ1) is 9.52. The second kappa shape index (κ2) is 6.03. The van der Waals surface area contributed by atoms with Gasteiger partial charge in [0, 0.05) is 21.9 Å². The molecule has 0 saturated carbocycles. The molecule has 2 aromatic rings. The molecule has 0 fully saturated rings. The van der Waals surface area contributed by atoms with E-state index in [1.807, 2.05) is 6.07 Å². The Morgan fingerprint density at radius 1 is 1.25 bits per heavy atom. The molecule has 0 amide bonds. The van der Waals surface area contributed by atoms with Crippen LogP contribution in [0.2, 0.25) is 0 Å². The van der Waals surface area contributed by atoms with Crippen LogP contribution in [0.15, 0.2) is 50.7 Å². The Labute approximate surface area is 126 Å². The molecule has 100 valence electrons. The van der Waals surface area contributed by atoms with Crippen molar-refractivity contribution in [3.63, 3.8) is 0 Å². The molecule has 0 bridgehead atoms. The number of nitro groups is 1. The topological polar surface area (TPSA) is 66.9 Å². The Morgan fingerprint density at radius 3 is 2.45 bits per heavy atom. The Balaban J connectivity index is 2.29. The highest BCUT2D eigenvalue weighted by atomic mass is 79.9. The monoisotopic (exact) mass is 352 g/mol. The summed E-state index contributed by atoms with van der Waals surface area (Å²) in [4.78, 5) is 11.1. The van der Waals surface area contributed by atoms with Gasteiger partial charge < -0.3 is 0 Å². The number of nitrogens with zero attached hydrogens (tertiary/aromatic N) is 2. The highest BCUT2D eigenvalue weighted by molar-refractivity contribution is 9.10. The van der Waals surface area contributed by atoms with Gasteiger partial charge in [-0.15, -0.1) is 0 Å². The molecule has 2 rings (SSSR count). The summed E-state index contributed by atoms with van der Waals surface area (Å²) in [6.07, 6.45) is 0. The van der Waals surface area contributed by atoms with Crippen molar-refractivity contribution in [2.24, 2.45) is 0 Å². The van der Waals surface area contributed by atoms with E-state index in [1.165, 1.54) is 24.3 Å². The Bertz CT molecular complexity index is 714. The molecule has 2 aromatic carbocycles. The van der Waals surface area contributed by atoms with Crippen molar-refractivity contribution in [2.45, 2.75) is 9.79 Å². The first-order valence-electron chi connectivity index (χ1n) is 5.33. The lowest BCUT2D eigenvalue weighted by Gasteiger charge is -2.05. The molecular formula is C13H6BrFN2O2S. The smallest absolute Gasteiger partial charge is 0.258 e. The number of halogens is 2. The van der Waals surface area contributed by atoms with E-state index >= 15 is 0 Å². The second-order valence-corrected chi connectivity index (χ2v) is 5.61. The van der Waals surface area contributed by atoms with Crippen LogP contribution in [0.25, 0.3) is 0 Å². The van der Waals surface area contributed by atoms with Crippen molar-refractivity contribution in [1.82, 2.24) is 0 Å². The number of nitriles is 1. The Kier molecular flexibility index (Phi) is 4.37. The number of benzene rings is 2. The second-order valence-electron chi connectivity index (χ2n) is 3.70. The molecular weight excluding hydrogens is 347 g/mol. The third-order valence-corrected chi connectivity index (χ3v) is 4.26. The molecule has 0 spiro atoms. The summed E-state index contributed by atoms with van der Waals surface area (Å²) in [5.41, 5.74) is 0.200. The van der Waals surface area contributed by atoms with Crippen LogP contribution in [-0.4, -0.2) is 4.92 Å². The standard InChI is InChI=1S/C13H6BrFN2O2S/c14-12-8(7-16)1-6-11(13(12)15)20-10-4-2-9(3-5-10)17(18)19/h1-6H. The maximum atomic E-state index is 14.0. The molecule has 0 aliphatic rings. The quantitative estimate of drug-likeness (QED) is 0.601. The Hall–Kier alpha value is -1.91. The van der Waals surface area contributed by atoms with Crippen LogP contribution in [0, 0.1) is 27.3 Å². The van der Waals surface area contributed by atoms with E-state index in [9.17, 15) is 14.5 Å². The van der Waals surface area contributed by atoms with Gasteiger partial charge >= 0.3 is 0 Å². The fourth-order valence-electron chi connectivity index (χ4n) is 1.46. The van der Waals surface area contributed by atoms with Crippen LogP contribution in [0.4, 0.5) is 10.1 Å². The van der Waals surface area contributed by atoms with Crippen LogP contribution in [0.5, 0.6) is 0 Å². The zero-order valence-electron chi connectivity index (χ0n) is 9.84. The fraction of sp³-hybridized carbons (Fsp3) is 0. The van der Waals surface area contributed by atoms with Crippen molar-refractivity contribution >= 4 is 33.4 Å². The summed E-state index contributed by atoms with van der Waals surface area (Å²) >= 11 is 4.17. The zero-order chi connectivity index (χ0) is 14.7. The molecule has 0 aromatic heterocycles. The van der Waals surface area contributed by atoms with E-state index in [4.69, 9.17) is 5.26 Å². The SMILES string of the molecule is N#Cc1ccc(Sc2ccc([N+](=O)[O-])cc2)c(F)c1Br. The maximum Gasteiger partial charge on any atom is 0.269 e. The minimum absolute atomic E-state index is 0.0177. The molecule has 0 atom stereocenters. The van der Waals surface area contributed by atoms with Crippen LogP contribution >= 0.6 is 27.7 Å². The first kappa shape index (κ1) is 14.5. The van der Waals surface area contributed by atoms with Crippen LogP contribution in [-0.2, 0) is 0 Å². The van der Waals surface area contributed by atoms with Gasteiger partial charge in [0.25, 0.3) is 5.69 Å². The molecule has 0 saturated heterocycles. The van der Waals surface area contributed by atoms with Gasteiger partial charge in [-0.05, 0) is 40.2 Å². The van der Waals surface area contributed by atoms with Gasteiger partial charge in [0.2, 0.25) is 0 Å². The van der Waals surface area contributed by atoms with Crippen molar-refractivity contribution in [3.05, 3.63) is 62.4 Å². The summed E-state index contributed by atoms with van der Waals surface area (Å²) in [5, 5.41) is 19.3. The molecule has 0 unspecified atom stereocenters. The van der Waals surface area contributed by atoms with Crippen LogP contribution in [0.1, 0.15) is 5.56 Å². The molecule has 20 heavy (non-hydrogen) atoms. The molecule has 0 N–H and O–H groups in total. The van der Waals surface area contributed by atoms with E-state index in [1.54, 1.807) is 12.1 Å². The third kappa shape index (κ3) is 2.98. The van der Waals surface area contributed by atoms with E-state index in [0.717, 1.165) is 11.8 Å². The molecule has 0 aliphatic heterocycles. The summed E-state index contributed by atoms with van der Waals surface area (Å²) in [7, 11) is 0. The molecule has 0 aliphatic carbocycles. The predicted molar refractivity (Wildman–Crippen MR) is 76.0 cm³/mol. The van der Waals surface area contributed by atoms with Crippen molar-refractivity contribution in [3.8, 4) is 6.07 Å². The Morgan fingerprint density at radius 2 is 1.90 bits per heavy atom. The van der Waals surface area contributed by atoms with Crippen LogP contribution in [0.3, 0.4) is 0 Å².